The summed E-state index contributed by atoms with van der Waals surface area (Å²) < 4.78 is 28.7. The number of fused-ring (bicyclic) bond motifs is 1. The molecule has 1 atom stereocenters. The molecule has 0 aromatic carbocycles. The number of aryl methyl sites for hydroxylation is 1. The number of carbonyl (C=O) groups excluding carboxylic acids is 1. The number of rotatable bonds is 4. The summed E-state index contributed by atoms with van der Waals surface area (Å²) in [5.41, 5.74) is 1.40. The lowest BCUT2D eigenvalue weighted by Crippen LogP contribution is -2.65. The summed E-state index contributed by atoms with van der Waals surface area (Å²) in [5, 5.41) is 6.32. The van der Waals surface area contributed by atoms with E-state index >= 15 is 0 Å². The number of nitrogens with zero attached hydrogens (tertiary/aromatic N) is 3. The highest BCUT2D eigenvalue weighted by Crippen LogP contribution is 2.41. The van der Waals surface area contributed by atoms with Crippen LogP contribution in [-0.2, 0) is 10.3 Å². The van der Waals surface area contributed by atoms with Crippen molar-refractivity contribution < 1.29 is 13.6 Å². The van der Waals surface area contributed by atoms with Gasteiger partial charge in [-0.05, 0) is 32.4 Å². The summed E-state index contributed by atoms with van der Waals surface area (Å²) >= 11 is 0. The molecule has 1 saturated heterocycles. The minimum absolute atomic E-state index is 0.156. The molecule has 3 heterocycles. The molecule has 0 radical (unpaired) electrons. The van der Waals surface area contributed by atoms with Crippen LogP contribution in [0.2, 0.25) is 0 Å². The van der Waals surface area contributed by atoms with E-state index in [1.54, 1.807) is 0 Å². The minimum atomic E-state index is -2.59. The van der Waals surface area contributed by atoms with Gasteiger partial charge in [-0.2, -0.15) is 0 Å². The molecule has 1 saturated carbocycles. The van der Waals surface area contributed by atoms with Gasteiger partial charge < -0.3 is 15.0 Å². The van der Waals surface area contributed by atoms with Crippen LogP contribution in [0.3, 0.4) is 0 Å². The van der Waals surface area contributed by atoms with Gasteiger partial charge in [0.1, 0.15) is 11.9 Å². The largest absolute Gasteiger partial charge is 0.343 e. The average Bonchev–Trinajstić information content (AvgIpc) is 3.06. The molecule has 8 heteroatoms. The number of nitrogens with one attached hydrogen (secondary N) is 2. The van der Waals surface area contributed by atoms with Crippen molar-refractivity contribution >= 4 is 11.4 Å². The maximum absolute atomic E-state index is 13.4. The van der Waals surface area contributed by atoms with E-state index in [1.165, 1.54) is 0 Å². The fourth-order valence-corrected chi connectivity index (χ4v) is 4.34. The van der Waals surface area contributed by atoms with Crippen molar-refractivity contribution in [3.05, 3.63) is 35.9 Å². The molecule has 1 aliphatic heterocycles. The van der Waals surface area contributed by atoms with Gasteiger partial charge in [-0.25, -0.2) is 13.8 Å². The standard InChI is InChI=1S/C20H27F2N5O/c1-13-5-4-7-27-15(13)12-24-18(27)19(2,3)25-17(28)16-11-23-6-8-26(16)14-9-20(21,22)10-14/h4-5,7,12,14,16,23H,6,8-11H2,1-3H3,(H,25,28)/t16-/m0/s1. The number of hydrogen-bond acceptors (Lipinski definition) is 4. The van der Waals surface area contributed by atoms with Crippen LogP contribution in [0.4, 0.5) is 8.78 Å². The number of carbonyl (C=O) groups is 1. The van der Waals surface area contributed by atoms with Crippen molar-refractivity contribution in [3.63, 3.8) is 0 Å². The first-order valence-corrected chi connectivity index (χ1v) is 9.77. The molecule has 2 aromatic heterocycles. The molecule has 0 bridgehead atoms. The van der Waals surface area contributed by atoms with E-state index in [0.717, 1.165) is 16.9 Å². The van der Waals surface area contributed by atoms with Gasteiger partial charge in [0.05, 0.1) is 17.3 Å². The Kier molecular flexibility index (Phi) is 4.66. The van der Waals surface area contributed by atoms with Crippen LogP contribution in [0, 0.1) is 6.92 Å². The first-order valence-electron chi connectivity index (χ1n) is 9.77. The average molecular weight is 391 g/mol. The minimum Gasteiger partial charge on any atom is -0.343 e. The summed E-state index contributed by atoms with van der Waals surface area (Å²) in [4.78, 5) is 19.6. The number of amides is 1. The lowest BCUT2D eigenvalue weighted by molar-refractivity contribution is -0.149. The maximum atomic E-state index is 13.4. The molecule has 2 N–H and O–H groups in total. The summed E-state index contributed by atoms with van der Waals surface area (Å²) in [6, 6.07) is 3.29. The number of imidazole rings is 1. The smallest absolute Gasteiger partial charge is 0.251 e. The number of alkyl halides is 2. The summed E-state index contributed by atoms with van der Waals surface area (Å²) in [7, 11) is 0. The van der Waals surface area contributed by atoms with Crippen LogP contribution in [0.15, 0.2) is 24.5 Å². The Labute approximate surface area is 163 Å². The van der Waals surface area contributed by atoms with Gasteiger partial charge >= 0.3 is 0 Å². The molecular formula is C20H27F2N5O. The summed E-state index contributed by atoms with van der Waals surface area (Å²) in [5.74, 6) is -2.01. The van der Waals surface area contributed by atoms with Gasteiger partial charge in [-0.15, -0.1) is 0 Å². The SMILES string of the molecule is Cc1cccn2c(C(C)(C)NC(=O)[C@@H]3CNCCN3C3CC(F)(F)C3)ncc12. The topological polar surface area (TPSA) is 61.7 Å². The molecule has 0 unspecified atom stereocenters. The third-order valence-electron chi connectivity index (χ3n) is 5.90. The molecule has 0 spiro atoms. The predicted octanol–water partition coefficient (Wildman–Crippen LogP) is 2.07. The zero-order valence-electron chi connectivity index (χ0n) is 16.5. The summed E-state index contributed by atoms with van der Waals surface area (Å²) in [6.45, 7) is 7.63. The molecule has 152 valence electrons. The Balaban J connectivity index is 1.53. The number of piperazine rings is 1. The van der Waals surface area contributed by atoms with E-state index in [2.05, 4.69) is 15.6 Å². The maximum Gasteiger partial charge on any atom is 0.251 e. The fraction of sp³-hybridized carbons (Fsp3) is 0.600. The fourth-order valence-electron chi connectivity index (χ4n) is 4.34. The van der Waals surface area contributed by atoms with Gasteiger partial charge in [-0.3, -0.25) is 9.69 Å². The molecule has 4 rings (SSSR count). The first kappa shape index (κ1) is 19.3. The molecular weight excluding hydrogens is 364 g/mol. The molecule has 6 nitrogen and oxygen atoms in total. The van der Waals surface area contributed by atoms with Gasteiger partial charge in [0.15, 0.2) is 0 Å². The van der Waals surface area contributed by atoms with Gasteiger partial charge in [0.25, 0.3) is 5.92 Å². The van der Waals surface area contributed by atoms with E-state index in [9.17, 15) is 13.6 Å². The second-order valence-corrected chi connectivity index (χ2v) is 8.52. The van der Waals surface area contributed by atoms with Gasteiger partial charge in [0, 0.05) is 44.7 Å². The Morgan fingerprint density at radius 2 is 2.14 bits per heavy atom. The highest BCUT2D eigenvalue weighted by atomic mass is 19.3. The molecule has 2 aromatic rings. The second kappa shape index (κ2) is 6.77. The van der Waals surface area contributed by atoms with E-state index in [-0.39, 0.29) is 24.8 Å². The van der Waals surface area contributed by atoms with Gasteiger partial charge in [-0.1, -0.05) is 6.07 Å². The molecule has 1 amide bonds. The quantitative estimate of drug-likeness (QED) is 0.838. The molecule has 2 fully saturated rings. The van der Waals surface area contributed by atoms with Crippen LogP contribution in [0.25, 0.3) is 5.52 Å². The lowest BCUT2D eigenvalue weighted by Gasteiger charge is -2.47. The lowest BCUT2D eigenvalue weighted by atomic mass is 9.85. The van der Waals surface area contributed by atoms with Crippen molar-refractivity contribution in [2.24, 2.45) is 0 Å². The van der Waals surface area contributed by atoms with Crippen molar-refractivity contribution in [1.29, 1.82) is 0 Å². The zero-order valence-corrected chi connectivity index (χ0v) is 16.5. The first-order chi connectivity index (χ1) is 13.2. The molecule has 28 heavy (non-hydrogen) atoms. The van der Waals surface area contributed by atoms with E-state index in [1.807, 2.05) is 54.6 Å². The zero-order chi connectivity index (χ0) is 20.1. The number of aromatic nitrogens is 2. The number of halogens is 2. The monoisotopic (exact) mass is 391 g/mol. The second-order valence-electron chi connectivity index (χ2n) is 8.52. The molecule has 1 aliphatic carbocycles. The Morgan fingerprint density at radius 3 is 2.86 bits per heavy atom. The van der Waals surface area contributed by atoms with Crippen LogP contribution in [0.1, 0.15) is 38.1 Å². The van der Waals surface area contributed by atoms with E-state index < -0.39 is 17.5 Å². The molecule has 2 aliphatic rings. The predicted molar refractivity (Wildman–Crippen MR) is 102 cm³/mol. The van der Waals surface area contributed by atoms with Crippen molar-refractivity contribution in [2.45, 2.75) is 57.2 Å². The van der Waals surface area contributed by atoms with E-state index in [4.69, 9.17) is 0 Å². The Bertz CT molecular complexity index is 886. The highest BCUT2D eigenvalue weighted by Gasteiger charge is 2.50. The normalized spacial score (nSPS) is 23.5. The van der Waals surface area contributed by atoms with Crippen LogP contribution >= 0.6 is 0 Å². The Hall–Kier alpha value is -2.06. The third-order valence-corrected chi connectivity index (χ3v) is 5.90. The van der Waals surface area contributed by atoms with Crippen molar-refractivity contribution in [2.75, 3.05) is 19.6 Å². The van der Waals surface area contributed by atoms with Crippen LogP contribution in [0.5, 0.6) is 0 Å². The van der Waals surface area contributed by atoms with Crippen LogP contribution in [-0.4, -0.2) is 57.8 Å². The summed E-state index contributed by atoms with van der Waals surface area (Å²) in [6.07, 6.45) is 3.42. The highest BCUT2D eigenvalue weighted by molar-refractivity contribution is 5.83. The van der Waals surface area contributed by atoms with Crippen LogP contribution < -0.4 is 10.6 Å². The number of pyridine rings is 1. The number of hydrogen-bond donors (Lipinski definition) is 2. The van der Waals surface area contributed by atoms with Crippen molar-refractivity contribution in [3.8, 4) is 0 Å². The Morgan fingerprint density at radius 1 is 1.39 bits per heavy atom. The van der Waals surface area contributed by atoms with E-state index in [0.29, 0.717) is 19.6 Å². The third kappa shape index (κ3) is 3.39. The van der Waals surface area contributed by atoms with Gasteiger partial charge in [0.2, 0.25) is 5.91 Å². The van der Waals surface area contributed by atoms with Crippen molar-refractivity contribution in [1.82, 2.24) is 24.9 Å².